The van der Waals surface area contributed by atoms with Crippen LogP contribution in [-0.4, -0.2) is 48.2 Å². The lowest BCUT2D eigenvalue weighted by Gasteiger charge is -2.31. The minimum absolute atomic E-state index is 0.0172. The van der Waals surface area contributed by atoms with Crippen molar-refractivity contribution < 1.29 is 22.8 Å². The first kappa shape index (κ1) is 23.1. The summed E-state index contributed by atoms with van der Waals surface area (Å²) in [4.78, 5) is 16.5. The number of nitro groups is 1. The summed E-state index contributed by atoms with van der Waals surface area (Å²) in [5.41, 5.74) is -0.885. The fourth-order valence-corrected chi connectivity index (χ4v) is 4.33. The number of anilines is 2. The fraction of sp³-hybridized carbons (Fsp3) is 0.500. The third-order valence-corrected chi connectivity index (χ3v) is 6.03. The van der Waals surface area contributed by atoms with Gasteiger partial charge in [0.1, 0.15) is 11.7 Å². The topological polar surface area (TPSA) is 92.6 Å². The second-order valence-electron chi connectivity index (χ2n) is 8.31. The van der Waals surface area contributed by atoms with Crippen molar-refractivity contribution in [3.63, 3.8) is 0 Å². The number of piperazine rings is 1. The summed E-state index contributed by atoms with van der Waals surface area (Å²) in [5.74, 6) is 0.577. The minimum Gasteiger partial charge on any atom is -0.474 e. The zero-order valence-corrected chi connectivity index (χ0v) is 18.0. The van der Waals surface area contributed by atoms with Crippen molar-refractivity contribution in [1.82, 2.24) is 10.3 Å². The Balaban J connectivity index is 1.33. The molecule has 0 radical (unpaired) electrons. The largest absolute Gasteiger partial charge is 0.474 e. The summed E-state index contributed by atoms with van der Waals surface area (Å²) < 4.78 is 45.7. The second kappa shape index (κ2) is 9.82. The third-order valence-electron chi connectivity index (χ3n) is 6.03. The molecule has 1 aliphatic heterocycles. The van der Waals surface area contributed by atoms with Crippen molar-refractivity contribution in [2.45, 2.75) is 44.0 Å². The van der Waals surface area contributed by atoms with Crippen molar-refractivity contribution in [1.29, 1.82) is 0 Å². The summed E-state index contributed by atoms with van der Waals surface area (Å²) in [6.45, 7) is 3.74. The number of hydrogen-bond acceptors (Lipinski definition) is 7. The summed E-state index contributed by atoms with van der Waals surface area (Å²) in [5, 5.41) is 17.3. The predicted octanol–water partition coefficient (Wildman–Crippen LogP) is 4.22. The van der Waals surface area contributed by atoms with Crippen LogP contribution in [0.1, 0.15) is 31.2 Å². The molecule has 0 atom stereocenters. The molecule has 2 aromatic rings. The van der Waals surface area contributed by atoms with E-state index in [1.165, 1.54) is 6.07 Å². The number of aromatic nitrogens is 1. The molecule has 2 heterocycles. The quantitative estimate of drug-likeness (QED) is 0.487. The van der Waals surface area contributed by atoms with E-state index in [1.807, 2.05) is 12.1 Å². The Morgan fingerprint density at radius 1 is 1.12 bits per heavy atom. The highest BCUT2D eigenvalue weighted by Crippen LogP contribution is 2.38. The summed E-state index contributed by atoms with van der Waals surface area (Å²) in [6.07, 6.45) is -0.186. The first-order chi connectivity index (χ1) is 15.8. The van der Waals surface area contributed by atoms with E-state index < -0.39 is 22.4 Å². The van der Waals surface area contributed by atoms with Crippen molar-refractivity contribution in [2.75, 3.05) is 36.4 Å². The van der Waals surface area contributed by atoms with Crippen molar-refractivity contribution in [3.05, 3.63) is 52.2 Å². The van der Waals surface area contributed by atoms with E-state index in [4.69, 9.17) is 4.74 Å². The molecule has 11 heteroatoms. The van der Waals surface area contributed by atoms with E-state index in [9.17, 15) is 23.3 Å². The van der Waals surface area contributed by atoms with Gasteiger partial charge in [-0.1, -0.05) is 0 Å². The van der Waals surface area contributed by atoms with E-state index in [0.717, 1.165) is 56.8 Å². The lowest BCUT2D eigenvalue weighted by molar-refractivity contribution is -0.388. The van der Waals surface area contributed by atoms with E-state index in [2.05, 4.69) is 20.5 Å². The number of hydrogen-bond donors (Lipinski definition) is 2. The molecule has 4 rings (SSSR count). The molecule has 1 aromatic heterocycles. The Morgan fingerprint density at radius 2 is 1.85 bits per heavy atom. The number of benzene rings is 1. The SMILES string of the molecule is O=[N+]([O-])c1ccc(N[C@H]2CC[C@H](Oc3cc(N4CCNCC4)ccn3)CC2)cc1C(F)(F)F. The maximum atomic E-state index is 13.2. The van der Waals surface area contributed by atoms with Gasteiger partial charge in [0.25, 0.3) is 5.69 Å². The molecule has 1 aliphatic carbocycles. The lowest BCUT2D eigenvalue weighted by Crippen LogP contribution is -2.43. The van der Waals surface area contributed by atoms with Gasteiger partial charge in [-0.15, -0.1) is 0 Å². The lowest BCUT2D eigenvalue weighted by atomic mass is 9.92. The van der Waals surface area contributed by atoms with Crippen LogP contribution in [0.15, 0.2) is 36.5 Å². The van der Waals surface area contributed by atoms with Gasteiger partial charge in [-0.3, -0.25) is 10.1 Å². The summed E-state index contributed by atoms with van der Waals surface area (Å²) >= 11 is 0. The molecule has 1 saturated heterocycles. The normalized spacial score (nSPS) is 21.5. The first-order valence-electron chi connectivity index (χ1n) is 11.0. The summed E-state index contributed by atoms with van der Waals surface area (Å²) in [7, 11) is 0. The number of nitro benzene ring substituents is 1. The standard InChI is InChI=1S/C22H26F3N5O3/c23-22(24,25)19-13-16(3-6-20(19)30(31)32)28-15-1-4-18(5-2-15)33-21-14-17(7-8-27-21)29-11-9-26-10-12-29/h3,6-8,13-15,18,26,28H,1-2,4-5,9-12H2/t15-,18-. The average Bonchev–Trinajstić information content (AvgIpc) is 2.80. The van der Waals surface area contributed by atoms with Crippen LogP contribution in [0, 0.1) is 10.1 Å². The van der Waals surface area contributed by atoms with Gasteiger partial charge >= 0.3 is 6.18 Å². The Bertz CT molecular complexity index is 974. The van der Waals surface area contributed by atoms with Crippen molar-refractivity contribution in [3.8, 4) is 5.88 Å². The number of alkyl halides is 3. The van der Waals surface area contributed by atoms with Crippen LogP contribution in [0.25, 0.3) is 0 Å². The van der Waals surface area contributed by atoms with E-state index >= 15 is 0 Å². The number of halogens is 3. The van der Waals surface area contributed by atoms with Gasteiger partial charge < -0.3 is 20.3 Å². The number of pyridine rings is 1. The molecule has 1 saturated carbocycles. The number of rotatable bonds is 6. The number of ether oxygens (including phenoxy) is 1. The highest BCUT2D eigenvalue weighted by Gasteiger charge is 2.38. The second-order valence-corrected chi connectivity index (χ2v) is 8.31. The molecule has 1 aromatic carbocycles. The zero-order valence-electron chi connectivity index (χ0n) is 18.0. The maximum absolute atomic E-state index is 13.2. The van der Waals surface area contributed by atoms with Crippen LogP contribution < -0.4 is 20.3 Å². The van der Waals surface area contributed by atoms with E-state index in [-0.39, 0.29) is 17.8 Å². The maximum Gasteiger partial charge on any atom is 0.423 e. The van der Waals surface area contributed by atoms with Gasteiger partial charge in [0.2, 0.25) is 5.88 Å². The van der Waals surface area contributed by atoms with E-state index in [0.29, 0.717) is 18.7 Å². The fourth-order valence-electron chi connectivity index (χ4n) is 4.33. The van der Waals surface area contributed by atoms with Gasteiger partial charge in [0, 0.05) is 61.9 Å². The van der Waals surface area contributed by atoms with Crippen LogP contribution in [0.4, 0.5) is 30.2 Å². The molecule has 2 aliphatic rings. The van der Waals surface area contributed by atoms with Crippen LogP contribution in [-0.2, 0) is 6.18 Å². The molecule has 0 amide bonds. The van der Waals surface area contributed by atoms with Crippen molar-refractivity contribution >= 4 is 17.1 Å². The average molecular weight is 465 g/mol. The molecule has 8 nitrogen and oxygen atoms in total. The molecule has 2 fully saturated rings. The van der Waals surface area contributed by atoms with Crippen molar-refractivity contribution in [2.24, 2.45) is 0 Å². The van der Waals surface area contributed by atoms with Gasteiger partial charge in [-0.25, -0.2) is 4.98 Å². The van der Waals surface area contributed by atoms with Crippen LogP contribution in [0.2, 0.25) is 0 Å². The Labute approximate surface area is 189 Å². The monoisotopic (exact) mass is 465 g/mol. The molecule has 2 N–H and O–H groups in total. The minimum atomic E-state index is -4.79. The summed E-state index contributed by atoms with van der Waals surface area (Å²) in [6, 6.07) is 6.92. The molecule has 0 spiro atoms. The number of nitrogens with zero attached hydrogens (tertiary/aromatic N) is 3. The first-order valence-corrected chi connectivity index (χ1v) is 11.0. The van der Waals surface area contributed by atoms with Crippen LogP contribution in [0.5, 0.6) is 5.88 Å². The third kappa shape index (κ3) is 5.84. The van der Waals surface area contributed by atoms with E-state index in [1.54, 1.807) is 6.20 Å². The molecule has 0 bridgehead atoms. The van der Waals surface area contributed by atoms with Crippen LogP contribution in [0.3, 0.4) is 0 Å². The molecule has 0 unspecified atom stereocenters. The predicted molar refractivity (Wildman–Crippen MR) is 118 cm³/mol. The highest BCUT2D eigenvalue weighted by atomic mass is 19.4. The zero-order chi connectivity index (χ0) is 23.4. The molecular formula is C22H26F3N5O3. The van der Waals surface area contributed by atoms with Gasteiger partial charge in [0.15, 0.2) is 0 Å². The highest BCUT2D eigenvalue weighted by molar-refractivity contribution is 5.55. The Morgan fingerprint density at radius 3 is 2.52 bits per heavy atom. The van der Waals surface area contributed by atoms with Gasteiger partial charge in [-0.2, -0.15) is 13.2 Å². The molecule has 178 valence electrons. The molecular weight excluding hydrogens is 439 g/mol. The molecule has 33 heavy (non-hydrogen) atoms. The van der Waals surface area contributed by atoms with Gasteiger partial charge in [-0.05, 0) is 43.9 Å². The van der Waals surface area contributed by atoms with Crippen LogP contribution >= 0.6 is 0 Å². The number of nitrogens with one attached hydrogen (secondary N) is 2. The smallest absolute Gasteiger partial charge is 0.423 e. The Kier molecular flexibility index (Phi) is 6.87. The Hall–Kier alpha value is -3.08. The van der Waals surface area contributed by atoms with Gasteiger partial charge in [0.05, 0.1) is 4.92 Å².